The Morgan fingerprint density at radius 1 is 1.41 bits per heavy atom. The van der Waals surface area contributed by atoms with E-state index in [9.17, 15) is 0 Å². The van der Waals surface area contributed by atoms with E-state index < -0.39 is 0 Å². The molecule has 0 aliphatic rings. The van der Waals surface area contributed by atoms with Crippen molar-refractivity contribution in [3.8, 4) is 0 Å². The van der Waals surface area contributed by atoms with E-state index in [1.807, 2.05) is 18.2 Å². The van der Waals surface area contributed by atoms with Crippen molar-refractivity contribution in [1.82, 2.24) is 0 Å². The van der Waals surface area contributed by atoms with Gasteiger partial charge in [0, 0.05) is 29.0 Å². The van der Waals surface area contributed by atoms with Gasteiger partial charge in [0.15, 0.2) is 0 Å². The third-order valence-corrected chi connectivity index (χ3v) is 3.46. The van der Waals surface area contributed by atoms with Gasteiger partial charge in [-0.25, -0.2) is 0 Å². The number of hydrogen-bond acceptors (Lipinski definition) is 3. The summed E-state index contributed by atoms with van der Waals surface area (Å²) in [4.78, 5) is 0. The topological polar surface area (TPSA) is 58.3 Å². The van der Waals surface area contributed by atoms with Crippen molar-refractivity contribution in [2.45, 2.75) is 26.2 Å². The first-order chi connectivity index (χ1) is 8.17. The number of benzene rings is 1. The van der Waals surface area contributed by atoms with E-state index in [4.69, 9.17) is 10.8 Å². The molecular weight excluding hydrogens is 280 g/mol. The standard InChI is InChI=1S/C13H21BrN2O/c1-2-3-10(6-7-17)9-16-13-5-4-11(15)8-12(13)14/h4-5,8,10,16-17H,2-3,6-7,9,15H2,1H3. The van der Waals surface area contributed by atoms with Crippen molar-refractivity contribution in [3.63, 3.8) is 0 Å². The molecule has 0 bridgehead atoms. The van der Waals surface area contributed by atoms with Gasteiger partial charge in [-0.3, -0.25) is 0 Å². The third kappa shape index (κ3) is 4.96. The van der Waals surface area contributed by atoms with E-state index >= 15 is 0 Å². The Hall–Kier alpha value is -0.740. The number of rotatable bonds is 7. The fourth-order valence-electron chi connectivity index (χ4n) is 1.87. The summed E-state index contributed by atoms with van der Waals surface area (Å²) in [6.45, 7) is 3.32. The maximum Gasteiger partial charge on any atom is 0.0486 e. The normalized spacial score (nSPS) is 12.4. The van der Waals surface area contributed by atoms with Gasteiger partial charge in [-0.1, -0.05) is 13.3 Å². The minimum Gasteiger partial charge on any atom is -0.399 e. The van der Waals surface area contributed by atoms with E-state index in [2.05, 4.69) is 28.2 Å². The summed E-state index contributed by atoms with van der Waals surface area (Å²) in [6.07, 6.45) is 3.14. The molecule has 4 N–H and O–H groups in total. The molecule has 4 heteroatoms. The van der Waals surface area contributed by atoms with E-state index in [1.54, 1.807) is 0 Å². The second-order valence-corrected chi connectivity index (χ2v) is 5.14. The van der Waals surface area contributed by atoms with Crippen molar-refractivity contribution >= 4 is 27.3 Å². The average molecular weight is 301 g/mol. The molecule has 3 nitrogen and oxygen atoms in total. The fraction of sp³-hybridized carbons (Fsp3) is 0.538. The molecule has 1 unspecified atom stereocenters. The average Bonchev–Trinajstić information content (AvgIpc) is 2.28. The van der Waals surface area contributed by atoms with Crippen molar-refractivity contribution in [3.05, 3.63) is 22.7 Å². The molecule has 0 heterocycles. The summed E-state index contributed by atoms with van der Waals surface area (Å²) in [5.74, 6) is 0.523. The molecule has 0 radical (unpaired) electrons. The zero-order chi connectivity index (χ0) is 12.7. The van der Waals surface area contributed by atoms with Gasteiger partial charge in [-0.2, -0.15) is 0 Å². The Labute approximate surface area is 112 Å². The van der Waals surface area contributed by atoms with Crippen LogP contribution in [-0.2, 0) is 0 Å². The maximum atomic E-state index is 9.00. The number of halogens is 1. The molecule has 0 aliphatic carbocycles. The molecule has 0 amide bonds. The van der Waals surface area contributed by atoms with Crippen LogP contribution >= 0.6 is 15.9 Å². The molecular formula is C13H21BrN2O. The summed E-state index contributed by atoms with van der Waals surface area (Å²) >= 11 is 3.48. The van der Waals surface area contributed by atoms with Gasteiger partial charge >= 0.3 is 0 Å². The smallest absolute Gasteiger partial charge is 0.0486 e. The number of aliphatic hydroxyl groups excluding tert-OH is 1. The SMILES string of the molecule is CCCC(CCO)CNc1ccc(N)cc1Br. The predicted molar refractivity (Wildman–Crippen MR) is 77.1 cm³/mol. The Morgan fingerprint density at radius 3 is 2.76 bits per heavy atom. The van der Waals surface area contributed by atoms with Crippen molar-refractivity contribution in [1.29, 1.82) is 0 Å². The van der Waals surface area contributed by atoms with E-state index in [0.717, 1.165) is 41.7 Å². The van der Waals surface area contributed by atoms with Crippen LogP contribution < -0.4 is 11.1 Å². The lowest BCUT2D eigenvalue weighted by Crippen LogP contribution is -2.15. The Morgan fingerprint density at radius 2 is 2.18 bits per heavy atom. The number of nitrogen functional groups attached to an aromatic ring is 1. The molecule has 1 atom stereocenters. The molecule has 0 aromatic heterocycles. The molecule has 1 aromatic rings. The monoisotopic (exact) mass is 300 g/mol. The van der Waals surface area contributed by atoms with Crippen molar-refractivity contribution in [2.24, 2.45) is 5.92 Å². The first-order valence-corrected chi connectivity index (χ1v) is 6.86. The van der Waals surface area contributed by atoms with Crippen LogP contribution in [0, 0.1) is 5.92 Å². The summed E-state index contributed by atoms with van der Waals surface area (Å²) in [5, 5.41) is 12.4. The first-order valence-electron chi connectivity index (χ1n) is 6.07. The molecule has 1 rings (SSSR count). The minimum absolute atomic E-state index is 0.259. The number of hydrogen-bond donors (Lipinski definition) is 3. The summed E-state index contributed by atoms with van der Waals surface area (Å²) in [7, 11) is 0. The number of anilines is 2. The van der Waals surface area contributed by atoms with Gasteiger partial charge < -0.3 is 16.2 Å². The second kappa shape index (κ2) is 7.56. The molecule has 17 heavy (non-hydrogen) atoms. The number of nitrogens with two attached hydrogens (primary N) is 1. The van der Waals surface area contributed by atoms with Crippen LogP contribution in [0.2, 0.25) is 0 Å². The predicted octanol–water partition coefficient (Wildman–Crippen LogP) is 3.24. The van der Waals surface area contributed by atoms with Crippen LogP contribution in [-0.4, -0.2) is 18.3 Å². The van der Waals surface area contributed by atoms with Crippen LogP contribution in [0.4, 0.5) is 11.4 Å². The number of aliphatic hydroxyl groups is 1. The van der Waals surface area contributed by atoms with Gasteiger partial charge in [0.2, 0.25) is 0 Å². The molecule has 96 valence electrons. The van der Waals surface area contributed by atoms with E-state index in [0.29, 0.717) is 5.92 Å². The van der Waals surface area contributed by atoms with Gasteiger partial charge in [0.25, 0.3) is 0 Å². The van der Waals surface area contributed by atoms with E-state index in [1.165, 1.54) is 0 Å². The second-order valence-electron chi connectivity index (χ2n) is 4.29. The highest BCUT2D eigenvalue weighted by atomic mass is 79.9. The molecule has 1 aromatic carbocycles. The Kier molecular flexibility index (Phi) is 6.37. The highest BCUT2D eigenvalue weighted by Gasteiger charge is 2.08. The van der Waals surface area contributed by atoms with Gasteiger partial charge in [-0.15, -0.1) is 0 Å². The fourth-order valence-corrected chi connectivity index (χ4v) is 2.40. The zero-order valence-corrected chi connectivity index (χ0v) is 11.8. The molecule has 0 fully saturated rings. The Balaban J connectivity index is 2.52. The maximum absolute atomic E-state index is 9.00. The highest BCUT2D eigenvalue weighted by molar-refractivity contribution is 9.10. The summed E-state index contributed by atoms with van der Waals surface area (Å²) in [6, 6.07) is 5.75. The molecule has 0 saturated heterocycles. The third-order valence-electron chi connectivity index (χ3n) is 2.81. The summed E-state index contributed by atoms with van der Waals surface area (Å²) in [5.41, 5.74) is 7.49. The molecule has 0 aliphatic heterocycles. The van der Waals surface area contributed by atoms with Crippen molar-refractivity contribution in [2.75, 3.05) is 24.2 Å². The molecule has 0 spiro atoms. The van der Waals surface area contributed by atoms with Crippen LogP contribution in [0.5, 0.6) is 0 Å². The lowest BCUT2D eigenvalue weighted by Gasteiger charge is -2.17. The zero-order valence-electron chi connectivity index (χ0n) is 10.2. The van der Waals surface area contributed by atoms with Crippen LogP contribution in [0.15, 0.2) is 22.7 Å². The highest BCUT2D eigenvalue weighted by Crippen LogP contribution is 2.25. The molecule has 0 saturated carbocycles. The lowest BCUT2D eigenvalue weighted by atomic mass is 10.0. The van der Waals surface area contributed by atoms with Gasteiger partial charge in [0.1, 0.15) is 0 Å². The largest absolute Gasteiger partial charge is 0.399 e. The lowest BCUT2D eigenvalue weighted by molar-refractivity contribution is 0.255. The van der Waals surface area contributed by atoms with Crippen LogP contribution in [0.1, 0.15) is 26.2 Å². The quantitative estimate of drug-likeness (QED) is 0.678. The number of nitrogens with one attached hydrogen (secondary N) is 1. The minimum atomic E-state index is 0.259. The van der Waals surface area contributed by atoms with Crippen LogP contribution in [0.3, 0.4) is 0 Å². The van der Waals surface area contributed by atoms with Crippen LogP contribution in [0.25, 0.3) is 0 Å². The van der Waals surface area contributed by atoms with E-state index in [-0.39, 0.29) is 6.61 Å². The Bertz CT molecular complexity index is 338. The van der Waals surface area contributed by atoms with Gasteiger partial charge in [0.05, 0.1) is 0 Å². The first kappa shape index (κ1) is 14.3. The summed E-state index contributed by atoms with van der Waals surface area (Å²) < 4.78 is 0.983. The van der Waals surface area contributed by atoms with Crippen molar-refractivity contribution < 1.29 is 5.11 Å². The van der Waals surface area contributed by atoms with Gasteiger partial charge in [-0.05, 0) is 52.9 Å².